The number of benzene rings is 4. The fourth-order valence-corrected chi connectivity index (χ4v) is 5.31. The summed E-state index contributed by atoms with van der Waals surface area (Å²) in [5, 5.41) is 0. The highest BCUT2D eigenvalue weighted by Gasteiger charge is 2.21. The van der Waals surface area contributed by atoms with E-state index in [0.29, 0.717) is 0 Å². The van der Waals surface area contributed by atoms with Gasteiger partial charge in [0.2, 0.25) is 0 Å². The molecule has 4 aromatic carbocycles. The van der Waals surface area contributed by atoms with Crippen molar-refractivity contribution in [2.45, 2.75) is 25.7 Å². The lowest BCUT2D eigenvalue weighted by Crippen LogP contribution is -2.03. The summed E-state index contributed by atoms with van der Waals surface area (Å²) in [5.74, 6) is 0. The Morgan fingerprint density at radius 1 is 0.333 bits per heavy atom. The molecule has 0 unspecified atom stereocenters. The van der Waals surface area contributed by atoms with Gasteiger partial charge in [-0.1, -0.05) is 107 Å². The van der Waals surface area contributed by atoms with E-state index in [2.05, 4.69) is 119 Å². The minimum Gasteiger partial charge on any atom is -0.0622 e. The van der Waals surface area contributed by atoms with Crippen molar-refractivity contribution < 1.29 is 0 Å². The van der Waals surface area contributed by atoms with Crippen molar-refractivity contribution in [2.75, 3.05) is 0 Å². The van der Waals surface area contributed by atoms with Crippen LogP contribution in [0, 0.1) is 0 Å². The van der Waals surface area contributed by atoms with Crippen molar-refractivity contribution in [3.05, 3.63) is 130 Å². The van der Waals surface area contributed by atoms with Crippen molar-refractivity contribution >= 4 is 38.2 Å². The average Bonchev–Trinajstić information content (AvgIpc) is 2.81. The summed E-state index contributed by atoms with van der Waals surface area (Å²) < 4.78 is 1.13. The second-order valence-corrected chi connectivity index (χ2v) is 9.86. The molecule has 0 amide bonds. The first-order valence-electron chi connectivity index (χ1n) is 11.7. The third kappa shape index (κ3) is 3.92. The van der Waals surface area contributed by atoms with Gasteiger partial charge in [-0.15, -0.1) is 0 Å². The molecule has 2 aliphatic carbocycles. The molecule has 0 N–H and O–H groups in total. The third-order valence-electron chi connectivity index (χ3n) is 7.09. The van der Waals surface area contributed by atoms with Crippen molar-refractivity contribution in [1.29, 1.82) is 0 Å². The molecule has 4 aromatic rings. The van der Waals surface area contributed by atoms with Gasteiger partial charge in [-0.2, -0.15) is 0 Å². The van der Waals surface area contributed by atoms with Gasteiger partial charge in [0.05, 0.1) is 0 Å². The van der Waals surface area contributed by atoms with Crippen molar-refractivity contribution in [1.82, 2.24) is 0 Å². The van der Waals surface area contributed by atoms with E-state index in [1.165, 1.54) is 74.9 Å². The number of rotatable bonds is 5. The molecule has 0 aromatic heterocycles. The van der Waals surface area contributed by atoms with E-state index in [1.807, 2.05) is 0 Å². The second-order valence-electron chi connectivity index (χ2n) is 8.94. The molecule has 33 heavy (non-hydrogen) atoms. The zero-order valence-electron chi connectivity index (χ0n) is 18.5. The highest BCUT2D eigenvalue weighted by Crippen LogP contribution is 2.44. The molecule has 0 fully saturated rings. The third-order valence-corrected chi connectivity index (χ3v) is 7.62. The summed E-state index contributed by atoms with van der Waals surface area (Å²) in [6, 6.07) is 37.8. The smallest absolute Gasteiger partial charge is 0.0175 e. The maximum Gasteiger partial charge on any atom is 0.0175 e. The molecule has 0 saturated carbocycles. The zero-order chi connectivity index (χ0) is 22.2. The van der Waals surface area contributed by atoms with E-state index < -0.39 is 0 Å². The van der Waals surface area contributed by atoms with Crippen LogP contribution in [0.5, 0.6) is 0 Å². The van der Waals surface area contributed by atoms with Gasteiger partial charge in [0.1, 0.15) is 0 Å². The summed E-state index contributed by atoms with van der Waals surface area (Å²) in [7, 11) is 0. The molecular formula is C32H25Br. The van der Waals surface area contributed by atoms with Gasteiger partial charge < -0.3 is 0 Å². The zero-order valence-corrected chi connectivity index (χ0v) is 20.1. The lowest BCUT2D eigenvalue weighted by molar-refractivity contribution is 1.01. The first-order chi connectivity index (χ1) is 16.3. The van der Waals surface area contributed by atoms with Crippen molar-refractivity contribution in [3.63, 3.8) is 0 Å². The molecule has 6 rings (SSSR count). The van der Waals surface area contributed by atoms with Crippen LogP contribution in [0.4, 0.5) is 0 Å². The Bertz CT molecular complexity index is 1350. The van der Waals surface area contributed by atoms with E-state index in [4.69, 9.17) is 0 Å². The molecule has 0 nitrogen and oxygen atoms in total. The Morgan fingerprint density at radius 3 is 1.00 bits per heavy atom. The molecule has 1 heteroatoms. The predicted molar refractivity (Wildman–Crippen MR) is 145 cm³/mol. The summed E-state index contributed by atoms with van der Waals surface area (Å²) >= 11 is 3.54. The van der Waals surface area contributed by atoms with Gasteiger partial charge in [0.25, 0.3) is 0 Å². The summed E-state index contributed by atoms with van der Waals surface area (Å²) in [5.41, 5.74) is 14.0. The van der Waals surface area contributed by atoms with Crippen molar-refractivity contribution in [3.8, 4) is 11.1 Å². The number of halogens is 1. The van der Waals surface area contributed by atoms with Crippen LogP contribution in [0.3, 0.4) is 0 Å². The van der Waals surface area contributed by atoms with Crippen LogP contribution in [-0.4, -0.2) is 0 Å². The largest absolute Gasteiger partial charge is 0.0622 e. The second kappa shape index (κ2) is 8.65. The van der Waals surface area contributed by atoms with Gasteiger partial charge in [-0.3, -0.25) is 0 Å². The molecular weight excluding hydrogens is 464 g/mol. The van der Waals surface area contributed by atoms with Crippen molar-refractivity contribution in [2.24, 2.45) is 0 Å². The molecule has 160 valence electrons. The topological polar surface area (TPSA) is 0 Å². The molecule has 0 spiro atoms. The van der Waals surface area contributed by atoms with Crippen LogP contribution in [-0.2, 0) is 0 Å². The maximum atomic E-state index is 3.54. The summed E-state index contributed by atoms with van der Waals surface area (Å²) in [4.78, 5) is 0. The highest BCUT2D eigenvalue weighted by molar-refractivity contribution is 9.10. The number of allylic oxidation sites excluding steroid dienone is 4. The Labute approximate surface area is 204 Å². The van der Waals surface area contributed by atoms with E-state index in [1.54, 1.807) is 0 Å². The standard InChI is InChI=1S/C32H25Br/c33-28-16-14-27(15-17-28)32-21-20-31(32)26-12-8-23(9-13-26)22-6-10-25(11-7-22)30-19-18-29(30)24-4-2-1-3-5-24/h1-17H,18-21H2. The highest BCUT2D eigenvalue weighted by atomic mass is 79.9. The SMILES string of the molecule is Brc1ccc(C2=C(c3ccc(-c4ccc(C5=C(c6ccccc6)CC5)cc4)cc3)CC2)cc1. The van der Waals surface area contributed by atoms with Crippen LogP contribution in [0.25, 0.3) is 33.4 Å². The summed E-state index contributed by atoms with van der Waals surface area (Å²) in [6.45, 7) is 0. The van der Waals surface area contributed by atoms with E-state index >= 15 is 0 Å². The first-order valence-corrected chi connectivity index (χ1v) is 12.5. The average molecular weight is 489 g/mol. The number of hydrogen-bond acceptors (Lipinski definition) is 0. The van der Waals surface area contributed by atoms with E-state index in [9.17, 15) is 0 Å². The van der Waals surface area contributed by atoms with Crippen LogP contribution < -0.4 is 0 Å². The molecule has 0 saturated heterocycles. The summed E-state index contributed by atoms with van der Waals surface area (Å²) in [6.07, 6.45) is 4.69. The number of hydrogen-bond donors (Lipinski definition) is 0. The fourth-order valence-electron chi connectivity index (χ4n) is 5.04. The van der Waals surface area contributed by atoms with Gasteiger partial charge in [-0.05, 0) is 93.5 Å². The Hall–Kier alpha value is -3.16. The molecule has 0 radical (unpaired) electrons. The molecule has 0 heterocycles. The van der Waals surface area contributed by atoms with Crippen LogP contribution >= 0.6 is 15.9 Å². The minimum absolute atomic E-state index is 1.13. The molecule has 0 aliphatic heterocycles. The van der Waals surface area contributed by atoms with Crippen LogP contribution in [0.2, 0.25) is 0 Å². The van der Waals surface area contributed by atoms with E-state index in [0.717, 1.165) is 10.9 Å². The first kappa shape index (κ1) is 20.4. The predicted octanol–water partition coefficient (Wildman–Crippen LogP) is 9.53. The van der Waals surface area contributed by atoms with Gasteiger partial charge >= 0.3 is 0 Å². The van der Waals surface area contributed by atoms with Crippen LogP contribution in [0.15, 0.2) is 108 Å². The Balaban J connectivity index is 1.23. The van der Waals surface area contributed by atoms with Gasteiger partial charge in [0.15, 0.2) is 0 Å². The van der Waals surface area contributed by atoms with E-state index in [-0.39, 0.29) is 0 Å². The molecule has 2 aliphatic rings. The molecule has 0 bridgehead atoms. The lowest BCUT2D eigenvalue weighted by atomic mass is 9.79. The van der Waals surface area contributed by atoms with Gasteiger partial charge in [0, 0.05) is 4.47 Å². The normalized spacial score (nSPS) is 15.3. The Kier molecular flexibility index (Phi) is 5.36. The Morgan fingerprint density at radius 2 is 0.636 bits per heavy atom. The monoisotopic (exact) mass is 488 g/mol. The quantitative estimate of drug-likeness (QED) is 0.262. The maximum absolute atomic E-state index is 3.54. The lowest BCUT2D eigenvalue weighted by Gasteiger charge is -2.25. The fraction of sp³-hybridized carbons (Fsp3) is 0.125. The molecule has 0 atom stereocenters. The van der Waals surface area contributed by atoms with Crippen LogP contribution in [0.1, 0.15) is 47.9 Å². The van der Waals surface area contributed by atoms with Gasteiger partial charge in [-0.25, -0.2) is 0 Å². The minimum atomic E-state index is 1.13.